The lowest BCUT2D eigenvalue weighted by Gasteiger charge is -2.14. The second kappa shape index (κ2) is 5.81. The molecule has 0 amide bonds. The molecule has 0 spiro atoms. The molecule has 0 radical (unpaired) electrons. The summed E-state index contributed by atoms with van der Waals surface area (Å²) in [7, 11) is -3.33. The summed E-state index contributed by atoms with van der Waals surface area (Å²) in [5.74, 6) is 0. The maximum absolute atomic E-state index is 11.8. The van der Waals surface area contributed by atoms with E-state index in [-0.39, 0.29) is 0 Å². The van der Waals surface area contributed by atoms with E-state index in [2.05, 4.69) is 15.0 Å². The molecule has 1 heterocycles. The molecule has 0 aliphatic heterocycles. The first kappa shape index (κ1) is 12.9. The van der Waals surface area contributed by atoms with E-state index >= 15 is 0 Å². The molecular formula is C10H17N3O2S. The fraction of sp³-hybridized carbons (Fsp3) is 0.500. The molecule has 0 aromatic carbocycles. The van der Waals surface area contributed by atoms with Crippen molar-refractivity contribution in [1.29, 1.82) is 0 Å². The summed E-state index contributed by atoms with van der Waals surface area (Å²) in [6, 6.07) is 3.25. The molecule has 0 saturated carbocycles. The standard InChI is InChI=1S/C10H17N3O2S/c1-3-11-8-9(2)16(14,15)13-10-4-6-12-7-5-10/h4-7,9,11H,3,8H2,1-2H3,(H,12,13). The van der Waals surface area contributed by atoms with Crippen LogP contribution in [0.1, 0.15) is 13.8 Å². The molecule has 6 heteroatoms. The topological polar surface area (TPSA) is 71.1 Å². The fourth-order valence-corrected chi connectivity index (χ4v) is 2.15. The summed E-state index contributed by atoms with van der Waals surface area (Å²) in [4.78, 5) is 3.82. The lowest BCUT2D eigenvalue weighted by atomic mass is 10.4. The first-order valence-electron chi connectivity index (χ1n) is 5.18. The lowest BCUT2D eigenvalue weighted by Crippen LogP contribution is -2.34. The van der Waals surface area contributed by atoms with Gasteiger partial charge in [0, 0.05) is 18.9 Å². The Bertz CT molecular complexity index is 405. The van der Waals surface area contributed by atoms with Gasteiger partial charge in [-0.15, -0.1) is 0 Å². The first-order chi connectivity index (χ1) is 7.56. The molecule has 1 aromatic rings. The van der Waals surface area contributed by atoms with E-state index in [4.69, 9.17) is 0 Å². The maximum Gasteiger partial charge on any atom is 0.236 e. The number of rotatable bonds is 6. The number of pyridine rings is 1. The van der Waals surface area contributed by atoms with Crippen LogP contribution in [0.3, 0.4) is 0 Å². The third-order valence-electron chi connectivity index (χ3n) is 2.15. The fourth-order valence-electron chi connectivity index (χ4n) is 1.14. The lowest BCUT2D eigenvalue weighted by molar-refractivity contribution is 0.579. The molecule has 2 N–H and O–H groups in total. The van der Waals surface area contributed by atoms with Gasteiger partial charge in [-0.05, 0) is 25.6 Å². The van der Waals surface area contributed by atoms with Crippen molar-refractivity contribution in [2.24, 2.45) is 0 Å². The van der Waals surface area contributed by atoms with Crippen molar-refractivity contribution in [2.75, 3.05) is 17.8 Å². The number of nitrogens with one attached hydrogen (secondary N) is 2. The predicted molar refractivity (Wildman–Crippen MR) is 64.8 cm³/mol. The van der Waals surface area contributed by atoms with Crippen LogP contribution in [0.2, 0.25) is 0 Å². The van der Waals surface area contributed by atoms with Gasteiger partial charge in [0.05, 0.1) is 10.9 Å². The smallest absolute Gasteiger partial charge is 0.236 e. The van der Waals surface area contributed by atoms with Gasteiger partial charge in [-0.25, -0.2) is 8.42 Å². The second-order valence-electron chi connectivity index (χ2n) is 3.50. The van der Waals surface area contributed by atoms with Gasteiger partial charge < -0.3 is 5.32 Å². The van der Waals surface area contributed by atoms with E-state index in [1.807, 2.05) is 6.92 Å². The van der Waals surface area contributed by atoms with Crippen LogP contribution < -0.4 is 10.0 Å². The Labute approximate surface area is 96.3 Å². The Hall–Kier alpha value is -1.14. The molecule has 0 aliphatic carbocycles. The van der Waals surface area contributed by atoms with Crippen molar-refractivity contribution in [3.05, 3.63) is 24.5 Å². The van der Waals surface area contributed by atoms with Crippen LogP contribution in [0.5, 0.6) is 0 Å². The van der Waals surface area contributed by atoms with Crippen LogP contribution in [0, 0.1) is 0 Å². The van der Waals surface area contributed by atoms with Gasteiger partial charge in [-0.1, -0.05) is 6.92 Å². The second-order valence-corrected chi connectivity index (χ2v) is 5.60. The monoisotopic (exact) mass is 243 g/mol. The number of hydrogen-bond acceptors (Lipinski definition) is 4. The Morgan fingerprint density at radius 2 is 2.00 bits per heavy atom. The van der Waals surface area contributed by atoms with Gasteiger partial charge >= 0.3 is 0 Å². The normalized spacial score (nSPS) is 13.4. The molecule has 0 bridgehead atoms. The minimum absolute atomic E-state index is 0.441. The Kier molecular flexibility index (Phi) is 4.70. The molecule has 5 nitrogen and oxygen atoms in total. The Morgan fingerprint density at radius 1 is 1.38 bits per heavy atom. The van der Waals surface area contributed by atoms with E-state index < -0.39 is 15.3 Å². The summed E-state index contributed by atoms with van der Waals surface area (Å²) < 4.78 is 26.2. The van der Waals surface area contributed by atoms with Crippen molar-refractivity contribution >= 4 is 15.7 Å². The quantitative estimate of drug-likeness (QED) is 0.776. The van der Waals surface area contributed by atoms with Crippen molar-refractivity contribution in [3.63, 3.8) is 0 Å². The van der Waals surface area contributed by atoms with Gasteiger partial charge in [-0.3, -0.25) is 9.71 Å². The molecule has 90 valence electrons. The minimum Gasteiger partial charge on any atom is -0.316 e. The zero-order valence-electron chi connectivity index (χ0n) is 9.47. The summed E-state index contributed by atoms with van der Waals surface area (Å²) >= 11 is 0. The Balaban J connectivity index is 2.65. The number of aromatic nitrogens is 1. The van der Waals surface area contributed by atoms with Crippen LogP contribution in [-0.2, 0) is 10.0 Å². The number of sulfonamides is 1. The van der Waals surface area contributed by atoms with E-state index in [1.165, 1.54) is 0 Å². The van der Waals surface area contributed by atoms with Gasteiger partial charge in [0.25, 0.3) is 0 Å². The summed E-state index contributed by atoms with van der Waals surface area (Å²) in [6.45, 7) is 4.81. The van der Waals surface area contributed by atoms with Crippen LogP contribution in [0.4, 0.5) is 5.69 Å². The first-order valence-corrected chi connectivity index (χ1v) is 6.73. The van der Waals surface area contributed by atoms with Gasteiger partial charge in [0.1, 0.15) is 0 Å². The van der Waals surface area contributed by atoms with E-state index in [9.17, 15) is 8.42 Å². The van der Waals surface area contributed by atoms with Crippen LogP contribution in [-0.4, -0.2) is 31.7 Å². The SMILES string of the molecule is CCNCC(C)S(=O)(=O)Nc1ccncc1. The van der Waals surface area contributed by atoms with Crippen molar-refractivity contribution in [3.8, 4) is 0 Å². The molecule has 0 aliphatic rings. The van der Waals surface area contributed by atoms with Crippen molar-refractivity contribution in [1.82, 2.24) is 10.3 Å². The highest BCUT2D eigenvalue weighted by atomic mass is 32.2. The molecular weight excluding hydrogens is 226 g/mol. The van der Waals surface area contributed by atoms with E-state index in [0.29, 0.717) is 12.2 Å². The minimum atomic E-state index is -3.33. The van der Waals surface area contributed by atoms with E-state index in [1.54, 1.807) is 31.5 Å². The van der Waals surface area contributed by atoms with Crippen molar-refractivity contribution in [2.45, 2.75) is 19.1 Å². The molecule has 1 atom stereocenters. The zero-order chi connectivity index (χ0) is 12.0. The molecule has 16 heavy (non-hydrogen) atoms. The molecule has 1 rings (SSSR count). The number of hydrogen-bond donors (Lipinski definition) is 2. The van der Waals surface area contributed by atoms with Gasteiger partial charge in [0.2, 0.25) is 10.0 Å². The summed E-state index contributed by atoms with van der Waals surface area (Å²) in [5, 5.41) is 2.54. The third-order valence-corrected chi connectivity index (χ3v) is 3.90. The molecule has 1 aromatic heterocycles. The zero-order valence-corrected chi connectivity index (χ0v) is 10.3. The maximum atomic E-state index is 11.8. The van der Waals surface area contributed by atoms with Crippen molar-refractivity contribution < 1.29 is 8.42 Å². The average Bonchev–Trinajstić information content (AvgIpc) is 2.26. The summed E-state index contributed by atoms with van der Waals surface area (Å²) in [6.07, 6.45) is 3.10. The van der Waals surface area contributed by atoms with Crippen LogP contribution >= 0.6 is 0 Å². The number of nitrogens with zero attached hydrogens (tertiary/aromatic N) is 1. The van der Waals surface area contributed by atoms with Crippen LogP contribution in [0.15, 0.2) is 24.5 Å². The summed E-state index contributed by atoms with van der Waals surface area (Å²) in [5.41, 5.74) is 0.540. The highest BCUT2D eigenvalue weighted by molar-refractivity contribution is 7.93. The molecule has 0 saturated heterocycles. The molecule has 0 fully saturated rings. The Morgan fingerprint density at radius 3 is 2.56 bits per heavy atom. The predicted octanol–water partition coefficient (Wildman–Crippen LogP) is 0.821. The van der Waals surface area contributed by atoms with E-state index in [0.717, 1.165) is 6.54 Å². The van der Waals surface area contributed by atoms with Crippen LogP contribution in [0.25, 0.3) is 0 Å². The number of anilines is 1. The molecule has 1 unspecified atom stereocenters. The highest BCUT2D eigenvalue weighted by Gasteiger charge is 2.19. The highest BCUT2D eigenvalue weighted by Crippen LogP contribution is 2.09. The van der Waals surface area contributed by atoms with Gasteiger partial charge in [0.15, 0.2) is 0 Å². The largest absolute Gasteiger partial charge is 0.316 e. The average molecular weight is 243 g/mol. The third kappa shape index (κ3) is 3.79. The van der Waals surface area contributed by atoms with Gasteiger partial charge in [-0.2, -0.15) is 0 Å².